The largest absolute Gasteiger partial charge is 0.336 e. The Morgan fingerprint density at radius 2 is 1.96 bits per heavy atom. The summed E-state index contributed by atoms with van der Waals surface area (Å²) in [5.41, 5.74) is 7.33. The summed E-state index contributed by atoms with van der Waals surface area (Å²) in [6.45, 7) is 1.00. The first-order valence-corrected chi connectivity index (χ1v) is 9.90. The van der Waals surface area contributed by atoms with Crippen molar-refractivity contribution in [3.63, 3.8) is 0 Å². The van der Waals surface area contributed by atoms with Crippen molar-refractivity contribution in [2.24, 2.45) is 5.73 Å². The third-order valence-corrected chi connectivity index (χ3v) is 6.71. The van der Waals surface area contributed by atoms with Crippen LogP contribution in [0.3, 0.4) is 0 Å². The smallest absolute Gasteiger partial charge is 0.264 e. The van der Waals surface area contributed by atoms with E-state index in [0.29, 0.717) is 18.0 Å². The molecule has 9 heteroatoms. The molecule has 0 bridgehead atoms. The first-order valence-electron chi connectivity index (χ1n) is 7.54. The number of nitrogens with two attached hydrogens (primary N) is 1. The van der Waals surface area contributed by atoms with Gasteiger partial charge in [-0.15, -0.1) is 23.7 Å². The molecule has 2 atom stereocenters. The van der Waals surface area contributed by atoms with E-state index in [4.69, 9.17) is 5.73 Å². The first kappa shape index (κ1) is 19.9. The molecule has 1 amide bonds. The Hall–Kier alpha value is -1.45. The molecule has 1 aromatic heterocycles. The molecule has 0 unspecified atom stereocenters. The molecule has 0 radical (unpaired) electrons. The fourth-order valence-electron chi connectivity index (χ4n) is 2.89. The van der Waals surface area contributed by atoms with E-state index in [1.54, 1.807) is 4.90 Å². The predicted molar refractivity (Wildman–Crippen MR) is 101 cm³/mol. The lowest BCUT2D eigenvalue weighted by Crippen LogP contribution is -2.31. The minimum atomic E-state index is -3.53. The summed E-state index contributed by atoms with van der Waals surface area (Å²) in [4.78, 5) is 14.9. The van der Waals surface area contributed by atoms with Gasteiger partial charge in [0.15, 0.2) is 0 Å². The molecule has 2 heterocycles. The van der Waals surface area contributed by atoms with Crippen molar-refractivity contribution in [1.29, 1.82) is 0 Å². The highest BCUT2D eigenvalue weighted by Crippen LogP contribution is 2.29. The van der Waals surface area contributed by atoms with Crippen LogP contribution in [0.25, 0.3) is 0 Å². The highest BCUT2D eigenvalue weighted by atomic mass is 35.5. The van der Waals surface area contributed by atoms with Crippen LogP contribution < -0.4 is 10.5 Å². The molecule has 0 saturated carbocycles. The van der Waals surface area contributed by atoms with Crippen molar-refractivity contribution < 1.29 is 13.2 Å². The van der Waals surface area contributed by atoms with Gasteiger partial charge in [-0.1, -0.05) is 30.3 Å². The number of nitrogens with zero attached hydrogens (tertiary/aromatic N) is 1. The highest BCUT2D eigenvalue weighted by Gasteiger charge is 2.34. The average Bonchev–Trinajstić information content (AvgIpc) is 3.22. The summed E-state index contributed by atoms with van der Waals surface area (Å²) in [6.07, 6.45) is 0. The Morgan fingerprint density at radius 1 is 1.28 bits per heavy atom. The average molecular weight is 402 g/mol. The van der Waals surface area contributed by atoms with Crippen LogP contribution in [0, 0.1) is 0 Å². The maximum atomic E-state index is 12.7. The third-order valence-electron chi connectivity index (χ3n) is 4.25. The number of hydrogen-bond acceptors (Lipinski definition) is 5. The van der Waals surface area contributed by atoms with Gasteiger partial charge in [-0.25, -0.2) is 13.1 Å². The Kier molecular flexibility index (Phi) is 6.23. The summed E-state index contributed by atoms with van der Waals surface area (Å²) in [6, 6.07) is 11.2. The van der Waals surface area contributed by atoms with Crippen LogP contribution in [0.15, 0.2) is 46.7 Å². The number of carbonyl (C=O) groups excluding carboxylic acids is 1. The molecule has 25 heavy (non-hydrogen) atoms. The Morgan fingerprint density at radius 3 is 2.60 bits per heavy atom. The van der Waals surface area contributed by atoms with Gasteiger partial charge in [0.05, 0.1) is 9.77 Å². The van der Waals surface area contributed by atoms with Gasteiger partial charge in [0.1, 0.15) is 0 Å². The van der Waals surface area contributed by atoms with Crippen LogP contribution in [-0.2, 0) is 10.0 Å². The van der Waals surface area contributed by atoms with E-state index in [0.717, 1.165) is 16.9 Å². The minimum absolute atomic E-state index is 0. The Bertz CT molecular complexity index is 839. The zero-order chi connectivity index (χ0) is 17.3. The first-order chi connectivity index (χ1) is 11.4. The molecule has 0 spiro atoms. The molecule has 6 nitrogen and oxygen atoms in total. The van der Waals surface area contributed by atoms with Crippen molar-refractivity contribution in [3.8, 4) is 0 Å². The minimum Gasteiger partial charge on any atom is -0.336 e. The lowest BCUT2D eigenvalue weighted by Gasteiger charge is -2.15. The van der Waals surface area contributed by atoms with Gasteiger partial charge in [0.2, 0.25) is 10.0 Å². The monoisotopic (exact) mass is 401 g/mol. The molecule has 1 fully saturated rings. The molecule has 0 aliphatic carbocycles. The van der Waals surface area contributed by atoms with E-state index in [1.807, 2.05) is 30.3 Å². The number of hydrogen-bond donors (Lipinski definition) is 2. The SMILES string of the molecule is CNS(=O)(=O)c1csc(C(=O)N2C[C@@H](N)[C@H](c3ccccc3)C2)c1.Cl. The molecule has 1 aliphatic heterocycles. The van der Waals surface area contributed by atoms with Crippen molar-refractivity contribution in [2.45, 2.75) is 16.9 Å². The fraction of sp³-hybridized carbons (Fsp3) is 0.312. The number of sulfonamides is 1. The van der Waals surface area contributed by atoms with E-state index >= 15 is 0 Å². The Labute approximate surface area is 157 Å². The normalized spacial score (nSPS) is 20.3. The number of halogens is 1. The molecular formula is C16H20ClN3O3S2. The third kappa shape index (κ3) is 4.04. The van der Waals surface area contributed by atoms with Gasteiger partial charge in [-0.05, 0) is 18.7 Å². The number of thiophene rings is 1. The van der Waals surface area contributed by atoms with E-state index in [-0.39, 0.29) is 35.2 Å². The van der Waals surface area contributed by atoms with Crippen molar-refractivity contribution in [1.82, 2.24) is 9.62 Å². The Balaban J connectivity index is 0.00000225. The zero-order valence-electron chi connectivity index (χ0n) is 13.6. The number of likely N-dealkylation sites (tertiary alicyclic amines) is 1. The number of benzene rings is 1. The molecule has 3 rings (SSSR count). The van der Waals surface area contributed by atoms with Gasteiger partial charge in [0, 0.05) is 30.4 Å². The topological polar surface area (TPSA) is 92.5 Å². The summed E-state index contributed by atoms with van der Waals surface area (Å²) >= 11 is 1.13. The van der Waals surface area contributed by atoms with Crippen LogP contribution in [0.5, 0.6) is 0 Å². The van der Waals surface area contributed by atoms with Crippen LogP contribution in [0.2, 0.25) is 0 Å². The molecule has 1 aromatic carbocycles. The molecule has 2 aromatic rings. The lowest BCUT2D eigenvalue weighted by molar-refractivity contribution is 0.0794. The van der Waals surface area contributed by atoms with Crippen LogP contribution >= 0.6 is 23.7 Å². The maximum absolute atomic E-state index is 12.7. The van der Waals surface area contributed by atoms with E-state index in [1.165, 1.54) is 18.5 Å². The van der Waals surface area contributed by atoms with E-state index < -0.39 is 10.0 Å². The summed E-state index contributed by atoms with van der Waals surface area (Å²) in [5, 5.41) is 1.48. The van der Waals surface area contributed by atoms with Gasteiger partial charge < -0.3 is 10.6 Å². The fourth-order valence-corrected chi connectivity index (χ4v) is 4.86. The summed E-state index contributed by atoms with van der Waals surface area (Å²) in [5.74, 6) is -0.0814. The molecule has 136 valence electrons. The second-order valence-electron chi connectivity index (χ2n) is 5.75. The molecular weight excluding hydrogens is 382 g/mol. The molecule has 3 N–H and O–H groups in total. The van der Waals surface area contributed by atoms with Crippen molar-refractivity contribution >= 4 is 39.7 Å². The predicted octanol–water partition coefficient (Wildman–Crippen LogP) is 1.64. The standard InChI is InChI=1S/C16H19N3O3S2.ClH/c1-18-24(21,22)12-7-15(23-10-12)16(20)19-8-13(14(17)9-19)11-5-3-2-4-6-11;/h2-7,10,13-14,18H,8-9,17H2,1H3;1H/t13-,14+;/m0./s1. The van der Waals surface area contributed by atoms with Crippen molar-refractivity contribution in [3.05, 3.63) is 52.2 Å². The van der Waals surface area contributed by atoms with E-state index in [2.05, 4.69) is 4.72 Å². The van der Waals surface area contributed by atoms with Gasteiger partial charge in [-0.3, -0.25) is 4.79 Å². The second-order valence-corrected chi connectivity index (χ2v) is 8.54. The van der Waals surface area contributed by atoms with Gasteiger partial charge >= 0.3 is 0 Å². The van der Waals surface area contributed by atoms with Gasteiger partial charge in [-0.2, -0.15) is 0 Å². The summed E-state index contributed by atoms with van der Waals surface area (Å²) < 4.78 is 25.8. The number of rotatable bonds is 4. The van der Waals surface area contributed by atoms with Crippen LogP contribution in [-0.4, -0.2) is 45.4 Å². The van der Waals surface area contributed by atoms with E-state index in [9.17, 15) is 13.2 Å². The summed E-state index contributed by atoms with van der Waals surface area (Å²) in [7, 11) is -2.19. The maximum Gasteiger partial charge on any atom is 0.264 e. The highest BCUT2D eigenvalue weighted by molar-refractivity contribution is 7.89. The van der Waals surface area contributed by atoms with Crippen LogP contribution in [0.4, 0.5) is 0 Å². The number of nitrogens with one attached hydrogen (secondary N) is 1. The quantitative estimate of drug-likeness (QED) is 0.814. The molecule has 1 saturated heterocycles. The van der Waals surface area contributed by atoms with Crippen molar-refractivity contribution in [2.75, 3.05) is 20.1 Å². The zero-order valence-corrected chi connectivity index (χ0v) is 16.0. The van der Waals surface area contributed by atoms with Gasteiger partial charge in [0.25, 0.3) is 5.91 Å². The molecule has 1 aliphatic rings. The number of amides is 1. The lowest BCUT2D eigenvalue weighted by atomic mass is 9.95. The van der Waals surface area contributed by atoms with Crippen LogP contribution in [0.1, 0.15) is 21.2 Å². The second kappa shape index (κ2) is 7.84. The number of carbonyl (C=O) groups is 1.